The van der Waals surface area contributed by atoms with Crippen LogP contribution in [0.4, 0.5) is 5.82 Å². The molecule has 2 N–H and O–H groups in total. The number of amides is 1. The van der Waals surface area contributed by atoms with Crippen LogP contribution in [-0.2, 0) is 11.2 Å². The molecule has 0 aromatic carbocycles. The lowest BCUT2D eigenvalue weighted by molar-refractivity contribution is -0.116. The van der Waals surface area contributed by atoms with Gasteiger partial charge in [0.2, 0.25) is 5.91 Å². The number of hydrogen-bond acceptors (Lipinski definition) is 2. The van der Waals surface area contributed by atoms with Crippen molar-refractivity contribution in [3.05, 3.63) is 11.8 Å². The van der Waals surface area contributed by atoms with E-state index in [4.69, 9.17) is 11.6 Å². The zero-order valence-corrected chi connectivity index (χ0v) is 8.90. The molecule has 0 atom stereocenters. The Morgan fingerprint density at radius 1 is 1.71 bits per heavy atom. The predicted molar refractivity (Wildman–Crippen MR) is 56.5 cm³/mol. The second kappa shape index (κ2) is 5.65. The van der Waals surface area contributed by atoms with Gasteiger partial charge in [-0.3, -0.25) is 9.89 Å². The fraction of sp³-hybridized carbons (Fsp3) is 0.556. The Balaban J connectivity index is 2.39. The van der Waals surface area contributed by atoms with Crippen LogP contribution in [0.25, 0.3) is 0 Å². The monoisotopic (exact) mass is 215 g/mol. The Bertz CT molecular complexity index is 298. The molecule has 0 saturated carbocycles. The molecule has 5 heteroatoms. The van der Waals surface area contributed by atoms with Crippen LogP contribution in [0.3, 0.4) is 0 Å². The number of alkyl halides is 1. The van der Waals surface area contributed by atoms with Crippen LogP contribution in [0.5, 0.6) is 0 Å². The average molecular weight is 216 g/mol. The highest BCUT2D eigenvalue weighted by Gasteiger charge is 2.04. The first-order valence-corrected chi connectivity index (χ1v) is 5.19. The molecule has 0 saturated heterocycles. The van der Waals surface area contributed by atoms with Crippen molar-refractivity contribution in [2.24, 2.45) is 0 Å². The van der Waals surface area contributed by atoms with Gasteiger partial charge in [0, 0.05) is 24.1 Å². The minimum atomic E-state index is -0.0418. The number of nitrogens with zero attached hydrogens (tertiary/aromatic N) is 1. The van der Waals surface area contributed by atoms with Gasteiger partial charge in [-0.05, 0) is 12.8 Å². The molecule has 78 valence electrons. The summed E-state index contributed by atoms with van der Waals surface area (Å²) in [6.07, 6.45) is 2.01. The van der Waals surface area contributed by atoms with Gasteiger partial charge in [0.25, 0.3) is 0 Å². The molecule has 1 amide bonds. The van der Waals surface area contributed by atoms with Crippen LogP contribution in [-0.4, -0.2) is 22.0 Å². The zero-order valence-electron chi connectivity index (χ0n) is 8.14. The molecule has 1 heterocycles. The van der Waals surface area contributed by atoms with Gasteiger partial charge in [-0.25, -0.2) is 0 Å². The van der Waals surface area contributed by atoms with E-state index in [-0.39, 0.29) is 5.91 Å². The van der Waals surface area contributed by atoms with E-state index in [1.165, 1.54) is 0 Å². The molecule has 0 aliphatic rings. The Labute approximate surface area is 88.0 Å². The Kier molecular flexibility index (Phi) is 4.46. The van der Waals surface area contributed by atoms with Crippen molar-refractivity contribution in [2.45, 2.75) is 26.2 Å². The number of hydrogen-bond donors (Lipinski definition) is 2. The molecule has 0 aliphatic heterocycles. The maximum atomic E-state index is 11.2. The van der Waals surface area contributed by atoms with E-state index in [9.17, 15) is 4.79 Å². The van der Waals surface area contributed by atoms with E-state index in [0.29, 0.717) is 24.5 Å². The molecule has 1 rings (SSSR count). The van der Waals surface area contributed by atoms with Crippen LogP contribution < -0.4 is 5.32 Å². The van der Waals surface area contributed by atoms with E-state index < -0.39 is 0 Å². The lowest BCUT2D eigenvalue weighted by Crippen LogP contribution is -2.11. The fourth-order valence-corrected chi connectivity index (χ4v) is 1.17. The number of aromatic nitrogens is 2. The summed E-state index contributed by atoms with van der Waals surface area (Å²) in [5.41, 5.74) is 1.01. The second-order valence-corrected chi connectivity index (χ2v) is 3.35. The second-order valence-electron chi connectivity index (χ2n) is 2.97. The Hall–Kier alpha value is -1.03. The van der Waals surface area contributed by atoms with Crippen molar-refractivity contribution in [3.8, 4) is 0 Å². The summed E-state index contributed by atoms with van der Waals surface area (Å²) in [7, 11) is 0. The van der Waals surface area contributed by atoms with Gasteiger partial charge in [-0.1, -0.05) is 6.92 Å². The standard InChI is InChI=1S/C9H14ClN3O/c1-2-7-6-8(13-12-7)11-9(14)4-3-5-10/h6H,2-5H2,1H3,(H2,11,12,13,14). The van der Waals surface area contributed by atoms with Crippen molar-refractivity contribution in [1.29, 1.82) is 0 Å². The topological polar surface area (TPSA) is 57.8 Å². The first-order chi connectivity index (χ1) is 6.76. The third kappa shape index (κ3) is 3.38. The van der Waals surface area contributed by atoms with Crippen molar-refractivity contribution in [1.82, 2.24) is 10.2 Å². The molecule has 0 fully saturated rings. The van der Waals surface area contributed by atoms with Crippen molar-refractivity contribution in [3.63, 3.8) is 0 Å². The largest absolute Gasteiger partial charge is 0.309 e. The SMILES string of the molecule is CCc1cc(NC(=O)CCCCl)n[nH]1. The third-order valence-corrected chi connectivity index (χ3v) is 2.08. The third-order valence-electron chi connectivity index (χ3n) is 1.82. The number of nitrogens with one attached hydrogen (secondary N) is 2. The zero-order chi connectivity index (χ0) is 10.4. The number of carbonyl (C=O) groups excluding carboxylic acids is 1. The number of H-pyrrole nitrogens is 1. The Morgan fingerprint density at radius 2 is 2.50 bits per heavy atom. The number of aromatic amines is 1. The van der Waals surface area contributed by atoms with Crippen molar-refractivity contribution >= 4 is 23.3 Å². The average Bonchev–Trinajstić information content (AvgIpc) is 2.62. The smallest absolute Gasteiger partial charge is 0.225 e. The van der Waals surface area contributed by atoms with E-state index in [2.05, 4.69) is 15.5 Å². The van der Waals surface area contributed by atoms with Crippen LogP contribution in [0.1, 0.15) is 25.5 Å². The minimum absolute atomic E-state index is 0.0418. The molecule has 1 aromatic rings. The first-order valence-electron chi connectivity index (χ1n) is 4.66. The lowest BCUT2D eigenvalue weighted by atomic mass is 10.3. The van der Waals surface area contributed by atoms with E-state index >= 15 is 0 Å². The quantitative estimate of drug-likeness (QED) is 0.738. The van der Waals surface area contributed by atoms with Crippen molar-refractivity contribution in [2.75, 3.05) is 11.2 Å². The molecular formula is C9H14ClN3O. The molecule has 1 aromatic heterocycles. The highest BCUT2D eigenvalue weighted by Crippen LogP contribution is 2.06. The molecule has 0 radical (unpaired) electrons. The van der Waals surface area contributed by atoms with Gasteiger partial charge in [-0.15, -0.1) is 11.6 Å². The van der Waals surface area contributed by atoms with E-state index in [1.807, 2.05) is 13.0 Å². The normalized spacial score (nSPS) is 10.1. The summed E-state index contributed by atoms with van der Waals surface area (Å²) in [5, 5.41) is 9.46. The summed E-state index contributed by atoms with van der Waals surface area (Å²) < 4.78 is 0. The van der Waals surface area contributed by atoms with Gasteiger partial charge in [0.1, 0.15) is 0 Å². The van der Waals surface area contributed by atoms with Gasteiger partial charge in [0.15, 0.2) is 5.82 Å². The summed E-state index contributed by atoms with van der Waals surface area (Å²) in [6.45, 7) is 2.02. The molecular weight excluding hydrogens is 202 g/mol. The molecule has 14 heavy (non-hydrogen) atoms. The maximum Gasteiger partial charge on any atom is 0.225 e. The summed E-state index contributed by atoms with van der Waals surface area (Å²) in [6, 6.07) is 1.83. The fourth-order valence-electron chi connectivity index (χ4n) is 1.04. The molecule has 0 unspecified atom stereocenters. The predicted octanol–water partition coefficient (Wildman–Crippen LogP) is 1.93. The highest BCUT2D eigenvalue weighted by atomic mass is 35.5. The van der Waals surface area contributed by atoms with Crippen LogP contribution in [0.15, 0.2) is 6.07 Å². The number of rotatable bonds is 5. The van der Waals surface area contributed by atoms with Gasteiger partial charge in [0.05, 0.1) is 0 Å². The molecule has 0 aliphatic carbocycles. The first kappa shape index (κ1) is 11.0. The van der Waals surface area contributed by atoms with Gasteiger partial charge in [-0.2, -0.15) is 5.10 Å². The van der Waals surface area contributed by atoms with E-state index in [1.54, 1.807) is 0 Å². The number of anilines is 1. The van der Waals surface area contributed by atoms with Crippen LogP contribution >= 0.6 is 11.6 Å². The van der Waals surface area contributed by atoms with Gasteiger partial charge < -0.3 is 5.32 Å². The minimum Gasteiger partial charge on any atom is -0.309 e. The highest BCUT2D eigenvalue weighted by molar-refractivity contribution is 6.18. The van der Waals surface area contributed by atoms with E-state index in [0.717, 1.165) is 12.1 Å². The maximum absolute atomic E-state index is 11.2. The molecule has 0 bridgehead atoms. The summed E-state index contributed by atoms with van der Waals surface area (Å²) >= 11 is 5.47. The Morgan fingerprint density at radius 3 is 3.07 bits per heavy atom. The lowest BCUT2D eigenvalue weighted by Gasteiger charge is -1.98. The summed E-state index contributed by atoms with van der Waals surface area (Å²) in [4.78, 5) is 11.2. The summed E-state index contributed by atoms with van der Waals surface area (Å²) in [5.74, 6) is 1.05. The molecule has 4 nitrogen and oxygen atoms in total. The van der Waals surface area contributed by atoms with Crippen molar-refractivity contribution < 1.29 is 4.79 Å². The molecule has 0 spiro atoms. The number of aryl methyl sites for hydroxylation is 1. The van der Waals surface area contributed by atoms with Crippen LogP contribution in [0, 0.1) is 0 Å². The number of carbonyl (C=O) groups is 1. The van der Waals surface area contributed by atoms with Crippen LogP contribution in [0.2, 0.25) is 0 Å². The van der Waals surface area contributed by atoms with Gasteiger partial charge >= 0.3 is 0 Å². The number of halogens is 1.